The number of para-hydroxylation sites is 3. The summed E-state index contributed by atoms with van der Waals surface area (Å²) >= 11 is 0.0437. The van der Waals surface area contributed by atoms with Crippen LogP contribution in [0.1, 0.15) is 60.3 Å². The average Bonchev–Trinajstić information content (AvgIpc) is 3.82. The molecule has 0 fully saturated rings. The molecular weight excluding hydrogens is 963 g/mol. The van der Waals surface area contributed by atoms with E-state index in [4.69, 9.17) is 9.10 Å². The van der Waals surface area contributed by atoms with Crippen LogP contribution in [-0.4, -0.2) is 27.8 Å². The van der Waals surface area contributed by atoms with Gasteiger partial charge >= 0.3 is 99.8 Å². The number of aromatic nitrogens is 3. The number of hydrogen-bond donors (Lipinski definition) is 0. The predicted molar refractivity (Wildman–Crippen MR) is 248 cm³/mol. The van der Waals surface area contributed by atoms with Crippen molar-refractivity contribution >= 4 is 60.2 Å². The first-order valence-electron chi connectivity index (χ1n) is 21.2. The molecule has 0 aliphatic rings. The summed E-state index contributed by atoms with van der Waals surface area (Å²) in [6.07, 6.45) is 2.04. The zero-order chi connectivity index (χ0) is 42.3. The molecule has 0 saturated heterocycles. The van der Waals surface area contributed by atoms with Crippen LogP contribution in [0.15, 0.2) is 140 Å². The molecule has 58 heavy (non-hydrogen) atoms. The number of benzene rings is 6. The molecule has 9 rings (SSSR count). The van der Waals surface area contributed by atoms with Crippen molar-refractivity contribution in [2.24, 2.45) is 0 Å². The molecule has 0 unspecified atom stereocenters. The van der Waals surface area contributed by atoms with Crippen LogP contribution in [-0.2, 0) is 20.1 Å². The normalized spacial score (nSPS) is 12.6. The van der Waals surface area contributed by atoms with Gasteiger partial charge in [-0.15, -0.1) is 18.2 Å². The van der Waals surface area contributed by atoms with Crippen molar-refractivity contribution in [3.05, 3.63) is 168 Å². The van der Waals surface area contributed by atoms with Crippen LogP contribution in [0.5, 0.6) is 0 Å². The number of aryl methyl sites for hydroxylation is 1. The van der Waals surface area contributed by atoms with Gasteiger partial charge in [-0.2, -0.15) is 11.3 Å². The molecule has 6 heteroatoms. The number of pyridine rings is 1. The standard InChI is InChI=1S/C38H33N2S.C14H16GeN.Ir/c1-23(2)28-10-8-11-29(24(3)4)36(28)40-34-15-7-6-14-33(34)39-38(40)32-13-9-12-31-30-21-20-27(22-35(30)41-37(31)32)26-18-16-25(5)17-19-26;1-15(2,3)13-9-10-14(16-11-13)12-7-5-4-6-8-12;/h6-12,14-24H,1-5H3;4-7,9-11H,1-3H3;/q2*-1;/i5D3;;. The number of rotatable bonds is 7. The van der Waals surface area contributed by atoms with Crippen LogP contribution in [0.3, 0.4) is 0 Å². The Labute approximate surface area is 368 Å². The minimum atomic E-state index is -2.11. The van der Waals surface area contributed by atoms with E-state index in [1.807, 2.05) is 48.7 Å². The molecule has 293 valence electrons. The van der Waals surface area contributed by atoms with Gasteiger partial charge in [0.05, 0.1) is 16.9 Å². The van der Waals surface area contributed by atoms with E-state index in [1.165, 1.54) is 36.7 Å². The topological polar surface area (TPSA) is 30.7 Å². The minimum Gasteiger partial charge on any atom is 0 e. The third-order valence-electron chi connectivity index (χ3n) is 10.6. The second kappa shape index (κ2) is 17.3. The fourth-order valence-corrected chi connectivity index (χ4v) is 10.9. The van der Waals surface area contributed by atoms with Crippen LogP contribution in [0.2, 0.25) is 17.3 Å². The summed E-state index contributed by atoms with van der Waals surface area (Å²) in [4.78, 5) is 9.80. The molecule has 3 heterocycles. The van der Waals surface area contributed by atoms with Crippen LogP contribution >= 0.6 is 11.3 Å². The molecule has 3 nitrogen and oxygen atoms in total. The minimum absolute atomic E-state index is 0. The van der Waals surface area contributed by atoms with Gasteiger partial charge in [0.2, 0.25) is 0 Å². The molecule has 0 N–H and O–H groups in total. The summed E-state index contributed by atoms with van der Waals surface area (Å²) in [7, 11) is 0. The SMILES string of the molecule is [2H]C([2H])([2H])c1ccc(-c2ccc3c(c2)sc2c(-c4nc5ccccc5n4-c4c(C(C)C)cccc4C(C)C)[c-]ccc23)cc1.[CH3][Ge]([CH3])([CH3])[c]1ccc(-c2[c-]cccc2)nc1.[Ir]. The first-order chi connectivity index (χ1) is 28.7. The molecule has 3 aromatic heterocycles. The number of hydrogen-bond acceptors (Lipinski definition) is 3. The molecule has 0 atom stereocenters. The molecule has 0 aliphatic carbocycles. The summed E-state index contributed by atoms with van der Waals surface area (Å²) in [5.74, 6) is 8.73. The maximum atomic E-state index is 7.70. The maximum absolute atomic E-state index is 7.70. The van der Waals surface area contributed by atoms with Crippen molar-refractivity contribution in [2.75, 3.05) is 0 Å². The fraction of sp³-hybridized carbons (Fsp3) is 0.192. The van der Waals surface area contributed by atoms with Crippen molar-refractivity contribution in [3.63, 3.8) is 0 Å². The van der Waals surface area contributed by atoms with E-state index in [0.29, 0.717) is 17.4 Å². The Balaban J connectivity index is 0.000000278. The summed E-state index contributed by atoms with van der Waals surface area (Å²) in [5.41, 5.74) is 11.4. The van der Waals surface area contributed by atoms with Crippen molar-refractivity contribution < 1.29 is 24.2 Å². The summed E-state index contributed by atoms with van der Waals surface area (Å²) in [6.45, 7) is 6.93. The Morgan fingerprint density at radius 3 is 2.09 bits per heavy atom. The van der Waals surface area contributed by atoms with E-state index < -0.39 is 20.1 Å². The van der Waals surface area contributed by atoms with Gasteiger partial charge < -0.3 is 4.57 Å². The Morgan fingerprint density at radius 1 is 0.707 bits per heavy atom. The van der Waals surface area contributed by atoms with Gasteiger partial charge in [-0.1, -0.05) is 111 Å². The zero-order valence-corrected chi connectivity index (χ0v) is 39.3. The van der Waals surface area contributed by atoms with Crippen molar-refractivity contribution in [2.45, 2.75) is 63.7 Å². The van der Waals surface area contributed by atoms with E-state index >= 15 is 0 Å². The second-order valence-corrected chi connectivity index (χ2v) is 28.0. The van der Waals surface area contributed by atoms with Gasteiger partial charge in [-0.05, 0) is 69.2 Å². The van der Waals surface area contributed by atoms with E-state index in [0.717, 1.165) is 49.5 Å². The molecule has 9 aromatic rings. The summed E-state index contributed by atoms with van der Waals surface area (Å²) in [5, 5.41) is 2.37. The Kier molecular flexibility index (Phi) is 11.2. The van der Waals surface area contributed by atoms with Crippen LogP contribution in [0.4, 0.5) is 0 Å². The van der Waals surface area contributed by atoms with Crippen LogP contribution in [0, 0.1) is 19.0 Å². The van der Waals surface area contributed by atoms with E-state index in [-0.39, 0.29) is 20.1 Å². The summed E-state index contributed by atoms with van der Waals surface area (Å²) in [6, 6.07) is 52.1. The van der Waals surface area contributed by atoms with Crippen LogP contribution in [0.25, 0.3) is 70.7 Å². The van der Waals surface area contributed by atoms with Gasteiger partial charge in [0.1, 0.15) is 0 Å². The Morgan fingerprint density at radius 2 is 1.43 bits per heavy atom. The van der Waals surface area contributed by atoms with Gasteiger partial charge in [0, 0.05) is 34.6 Å². The van der Waals surface area contributed by atoms with Gasteiger partial charge in [0.15, 0.2) is 0 Å². The van der Waals surface area contributed by atoms with E-state index in [1.54, 1.807) is 23.5 Å². The fourth-order valence-electron chi connectivity index (χ4n) is 7.49. The molecular formula is C52H49GeIrN3S-2. The van der Waals surface area contributed by atoms with E-state index in [2.05, 4.69) is 146 Å². The van der Waals surface area contributed by atoms with Gasteiger partial charge in [0.25, 0.3) is 0 Å². The summed E-state index contributed by atoms with van der Waals surface area (Å²) < 4.78 is 29.3. The Bertz CT molecular complexity index is 2920. The second-order valence-electron chi connectivity index (χ2n) is 16.3. The van der Waals surface area contributed by atoms with Crippen molar-refractivity contribution in [1.29, 1.82) is 0 Å². The molecule has 0 bridgehead atoms. The molecule has 6 aromatic carbocycles. The van der Waals surface area contributed by atoms with Crippen LogP contribution < -0.4 is 4.40 Å². The van der Waals surface area contributed by atoms with Crippen molar-refractivity contribution in [1.82, 2.24) is 14.5 Å². The number of thiophene rings is 1. The largest absolute Gasteiger partial charge is 0 e. The third kappa shape index (κ3) is 8.29. The smallest absolute Gasteiger partial charge is 0 e. The van der Waals surface area contributed by atoms with Gasteiger partial charge in [-0.25, -0.2) is 0 Å². The Hall–Kier alpha value is -4.65. The molecule has 0 saturated carbocycles. The molecule has 1 radical (unpaired) electrons. The molecule has 0 amide bonds. The van der Waals surface area contributed by atoms with Gasteiger partial charge in [-0.3, -0.25) is 4.98 Å². The zero-order valence-electron chi connectivity index (χ0n) is 37.0. The first kappa shape index (κ1) is 37.6. The maximum Gasteiger partial charge on any atom is 0 e. The molecule has 0 spiro atoms. The number of fused-ring (bicyclic) bond motifs is 4. The monoisotopic (exact) mass is 1020 g/mol. The number of nitrogens with zero attached hydrogens (tertiary/aromatic N) is 3. The number of imidazole rings is 1. The van der Waals surface area contributed by atoms with E-state index in [9.17, 15) is 0 Å². The molecule has 0 aliphatic heterocycles. The average molecular weight is 1020 g/mol. The predicted octanol–water partition coefficient (Wildman–Crippen LogP) is 14.2. The third-order valence-corrected chi connectivity index (χ3v) is 16.1. The quantitative estimate of drug-likeness (QED) is 0.118. The first-order valence-corrected chi connectivity index (χ1v) is 27.9. The van der Waals surface area contributed by atoms with Crippen molar-refractivity contribution in [3.8, 4) is 39.5 Å².